The van der Waals surface area contributed by atoms with Crippen LogP contribution >= 0.6 is 15.9 Å². The highest BCUT2D eigenvalue weighted by Crippen LogP contribution is 2.38. The van der Waals surface area contributed by atoms with Crippen molar-refractivity contribution in [2.24, 2.45) is 0 Å². The van der Waals surface area contributed by atoms with Crippen LogP contribution in [0.2, 0.25) is 0 Å². The van der Waals surface area contributed by atoms with Gasteiger partial charge in [0.2, 0.25) is 0 Å². The summed E-state index contributed by atoms with van der Waals surface area (Å²) < 4.78 is 26.1. The average Bonchev–Trinajstić information content (AvgIpc) is 3.09. The van der Waals surface area contributed by atoms with Crippen LogP contribution in [-0.4, -0.2) is 18.4 Å². The number of rotatable bonds is 7. The maximum absolute atomic E-state index is 14.0. The number of halogens is 2. The number of anilines is 1. The Morgan fingerprint density at radius 1 is 1.03 bits per heavy atom. The summed E-state index contributed by atoms with van der Waals surface area (Å²) in [7, 11) is 0. The van der Waals surface area contributed by atoms with E-state index < -0.39 is 11.8 Å². The molecule has 8 heteroatoms. The number of nitrogens with one attached hydrogen (secondary N) is 1. The molecule has 1 aliphatic heterocycles. The largest absolute Gasteiger partial charge is 0.490 e. The zero-order valence-electron chi connectivity index (χ0n) is 17.7. The van der Waals surface area contributed by atoms with Gasteiger partial charge in [0.1, 0.15) is 18.0 Å². The lowest BCUT2D eigenvalue weighted by molar-refractivity contribution is -0.117. The van der Waals surface area contributed by atoms with Crippen molar-refractivity contribution < 1.29 is 23.5 Å². The molecule has 0 saturated carbocycles. The van der Waals surface area contributed by atoms with Crippen molar-refractivity contribution in [3.63, 3.8) is 0 Å². The third kappa shape index (κ3) is 4.90. The quantitative estimate of drug-likeness (QED) is 0.357. The zero-order valence-corrected chi connectivity index (χ0v) is 19.3. The van der Waals surface area contributed by atoms with Gasteiger partial charge in [-0.05, 0) is 64.8 Å². The Morgan fingerprint density at radius 2 is 1.76 bits per heavy atom. The second-order valence-corrected chi connectivity index (χ2v) is 7.97. The fourth-order valence-corrected chi connectivity index (χ4v) is 3.90. The minimum Gasteiger partial charge on any atom is -0.490 e. The third-order valence-electron chi connectivity index (χ3n) is 4.88. The maximum atomic E-state index is 14.0. The van der Waals surface area contributed by atoms with Crippen LogP contribution in [0.4, 0.5) is 10.1 Å². The molecular weight excluding hydrogens is 491 g/mol. The molecular formula is C25H20BrFN2O4. The zero-order chi connectivity index (χ0) is 23.4. The highest BCUT2D eigenvalue weighted by molar-refractivity contribution is 9.10. The summed E-state index contributed by atoms with van der Waals surface area (Å²) in [6.45, 7) is 2.20. The van der Waals surface area contributed by atoms with Crippen molar-refractivity contribution in [1.82, 2.24) is 5.43 Å². The van der Waals surface area contributed by atoms with Crippen LogP contribution in [0, 0.1) is 5.82 Å². The molecule has 6 nitrogen and oxygen atoms in total. The highest BCUT2D eigenvalue weighted by Gasteiger charge is 2.34. The number of hydrogen-bond donors (Lipinski definition) is 1. The Labute approximate surface area is 198 Å². The standard InChI is InChI=1S/C25H20BrFN2O4/c1-2-32-22-14-16(13-20(26)23(22)33-15-17-8-6-7-11-21(17)27)12-19-24(30)28-29(25(19)31)18-9-4-3-5-10-18/h3-14H,2,15H2,1H3,(H,28,30). The minimum absolute atomic E-state index is 0.00627. The molecule has 168 valence electrons. The number of hydrogen-bond acceptors (Lipinski definition) is 4. The molecule has 2 amide bonds. The predicted octanol–water partition coefficient (Wildman–Crippen LogP) is 5.03. The molecule has 1 aliphatic rings. The van der Waals surface area contributed by atoms with Crippen molar-refractivity contribution in [2.75, 3.05) is 11.6 Å². The summed E-state index contributed by atoms with van der Waals surface area (Å²) in [6.07, 6.45) is 1.49. The van der Waals surface area contributed by atoms with Gasteiger partial charge < -0.3 is 9.47 Å². The molecule has 0 atom stereocenters. The SMILES string of the molecule is CCOc1cc(C=C2C(=O)NN(c3ccccc3)C2=O)cc(Br)c1OCc1ccccc1F. The fraction of sp³-hybridized carbons (Fsp3) is 0.120. The number of carbonyl (C=O) groups excluding carboxylic acids is 2. The Hall–Kier alpha value is -3.65. The monoisotopic (exact) mass is 510 g/mol. The van der Waals surface area contributed by atoms with Gasteiger partial charge in [-0.3, -0.25) is 15.0 Å². The summed E-state index contributed by atoms with van der Waals surface area (Å²) in [5.74, 6) is -0.518. The van der Waals surface area contributed by atoms with E-state index in [1.165, 1.54) is 17.2 Å². The minimum atomic E-state index is -0.502. The lowest BCUT2D eigenvalue weighted by atomic mass is 10.1. The molecule has 0 spiro atoms. The molecule has 0 bridgehead atoms. The third-order valence-corrected chi connectivity index (χ3v) is 5.47. The van der Waals surface area contributed by atoms with Crippen LogP contribution in [-0.2, 0) is 16.2 Å². The maximum Gasteiger partial charge on any atom is 0.282 e. The predicted molar refractivity (Wildman–Crippen MR) is 126 cm³/mol. The summed E-state index contributed by atoms with van der Waals surface area (Å²) in [5.41, 5.74) is 4.11. The second kappa shape index (κ2) is 9.87. The molecule has 33 heavy (non-hydrogen) atoms. The molecule has 0 unspecified atom stereocenters. The summed E-state index contributed by atoms with van der Waals surface area (Å²) in [6, 6.07) is 18.6. The van der Waals surface area contributed by atoms with E-state index in [4.69, 9.17) is 9.47 Å². The number of benzene rings is 3. The van der Waals surface area contributed by atoms with Gasteiger partial charge in [-0.1, -0.05) is 36.4 Å². The Kier molecular flexibility index (Phi) is 6.74. The van der Waals surface area contributed by atoms with Gasteiger partial charge in [0.15, 0.2) is 11.5 Å². The number of amides is 2. The van der Waals surface area contributed by atoms with Crippen molar-refractivity contribution in [2.45, 2.75) is 13.5 Å². The van der Waals surface area contributed by atoms with Gasteiger partial charge in [-0.15, -0.1) is 0 Å². The van der Waals surface area contributed by atoms with Crippen LogP contribution in [0.1, 0.15) is 18.1 Å². The Morgan fingerprint density at radius 3 is 2.48 bits per heavy atom. The van der Waals surface area contributed by atoms with Gasteiger partial charge in [-0.25, -0.2) is 9.40 Å². The first-order valence-electron chi connectivity index (χ1n) is 10.2. The molecule has 1 heterocycles. The Bertz CT molecular complexity index is 1230. The van der Waals surface area contributed by atoms with Crippen molar-refractivity contribution in [3.8, 4) is 11.5 Å². The van der Waals surface area contributed by atoms with Crippen LogP contribution in [0.5, 0.6) is 11.5 Å². The van der Waals surface area contributed by atoms with E-state index in [-0.39, 0.29) is 18.0 Å². The molecule has 1 N–H and O–H groups in total. The molecule has 0 radical (unpaired) electrons. The number of para-hydroxylation sites is 1. The molecule has 3 aromatic rings. The first kappa shape index (κ1) is 22.5. The lowest BCUT2D eigenvalue weighted by Crippen LogP contribution is -2.35. The molecule has 1 saturated heterocycles. The van der Waals surface area contributed by atoms with Crippen molar-refractivity contribution >= 4 is 39.5 Å². The highest BCUT2D eigenvalue weighted by atomic mass is 79.9. The van der Waals surface area contributed by atoms with E-state index >= 15 is 0 Å². The van der Waals surface area contributed by atoms with E-state index in [1.54, 1.807) is 54.6 Å². The topological polar surface area (TPSA) is 67.9 Å². The van der Waals surface area contributed by atoms with Crippen molar-refractivity contribution in [3.05, 3.63) is 93.7 Å². The molecule has 1 fully saturated rings. The molecule has 3 aromatic carbocycles. The molecule has 0 aliphatic carbocycles. The number of carbonyl (C=O) groups is 2. The molecule has 4 rings (SSSR count). The molecule has 0 aromatic heterocycles. The van der Waals surface area contributed by atoms with Gasteiger partial charge in [0.25, 0.3) is 11.8 Å². The second-order valence-electron chi connectivity index (χ2n) is 7.12. The van der Waals surface area contributed by atoms with Gasteiger partial charge in [0.05, 0.1) is 16.8 Å². The summed E-state index contributed by atoms with van der Waals surface area (Å²) in [4.78, 5) is 25.3. The van der Waals surface area contributed by atoms with Gasteiger partial charge in [0, 0.05) is 5.56 Å². The summed E-state index contributed by atoms with van der Waals surface area (Å²) >= 11 is 3.46. The average molecular weight is 511 g/mol. The Balaban J connectivity index is 1.62. The van der Waals surface area contributed by atoms with Crippen molar-refractivity contribution in [1.29, 1.82) is 0 Å². The first-order valence-corrected chi connectivity index (χ1v) is 11.0. The van der Waals surface area contributed by atoms with Gasteiger partial charge in [-0.2, -0.15) is 0 Å². The fourth-order valence-electron chi connectivity index (χ4n) is 3.32. The van der Waals surface area contributed by atoms with E-state index in [2.05, 4.69) is 21.4 Å². The smallest absolute Gasteiger partial charge is 0.282 e. The van der Waals surface area contributed by atoms with Crippen LogP contribution < -0.4 is 19.9 Å². The van der Waals surface area contributed by atoms with E-state index in [1.807, 2.05) is 13.0 Å². The van der Waals surface area contributed by atoms with E-state index in [0.29, 0.717) is 39.4 Å². The van der Waals surface area contributed by atoms with Crippen LogP contribution in [0.15, 0.2) is 76.8 Å². The normalized spacial score (nSPS) is 14.5. The number of hydrazine groups is 1. The van der Waals surface area contributed by atoms with Gasteiger partial charge >= 0.3 is 0 Å². The number of nitrogens with zero attached hydrogens (tertiary/aromatic N) is 1. The number of ether oxygens (including phenoxy) is 2. The van der Waals surface area contributed by atoms with E-state index in [9.17, 15) is 14.0 Å². The van der Waals surface area contributed by atoms with Crippen LogP contribution in [0.25, 0.3) is 6.08 Å². The first-order chi connectivity index (χ1) is 16.0. The summed E-state index contributed by atoms with van der Waals surface area (Å²) in [5, 5.41) is 1.21. The van der Waals surface area contributed by atoms with E-state index in [0.717, 1.165) is 0 Å². The lowest BCUT2D eigenvalue weighted by Gasteiger charge is -2.15. The van der Waals surface area contributed by atoms with Crippen LogP contribution in [0.3, 0.4) is 0 Å².